The fraction of sp³-hybridized carbons (Fsp3) is 0.444. The van der Waals surface area contributed by atoms with E-state index < -0.39 is 0 Å². The van der Waals surface area contributed by atoms with E-state index in [9.17, 15) is 0 Å². The van der Waals surface area contributed by atoms with Crippen LogP contribution in [0.1, 0.15) is 12.5 Å². The standard InChI is InChI=1S/C9H11N3S/c1-7(3-10)6-13-9-11-4-8(2)5-12-9/h4-5,7H,6H2,1-2H3. The summed E-state index contributed by atoms with van der Waals surface area (Å²) in [7, 11) is 0. The Kier molecular flexibility index (Phi) is 3.71. The Morgan fingerprint density at radius 1 is 1.54 bits per heavy atom. The van der Waals surface area contributed by atoms with Crippen molar-refractivity contribution in [1.82, 2.24) is 9.97 Å². The van der Waals surface area contributed by atoms with E-state index in [0.29, 0.717) is 0 Å². The predicted octanol–water partition coefficient (Wildman–Crippen LogP) is 2.04. The molecule has 0 saturated carbocycles. The third-order valence-corrected chi connectivity index (χ3v) is 2.58. The molecule has 1 heterocycles. The second-order valence-corrected chi connectivity index (χ2v) is 3.87. The van der Waals surface area contributed by atoms with E-state index in [0.717, 1.165) is 16.5 Å². The molecule has 0 aromatic carbocycles. The summed E-state index contributed by atoms with van der Waals surface area (Å²) in [5.41, 5.74) is 1.05. The molecule has 1 unspecified atom stereocenters. The molecule has 68 valence electrons. The Morgan fingerprint density at radius 3 is 2.69 bits per heavy atom. The second kappa shape index (κ2) is 4.83. The largest absolute Gasteiger partial charge is 0.231 e. The summed E-state index contributed by atoms with van der Waals surface area (Å²) in [5, 5.41) is 9.30. The van der Waals surface area contributed by atoms with Crippen LogP contribution in [0.5, 0.6) is 0 Å². The molecule has 0 bridgehead atoms. The lowest BCUT2D eigenvalue weighted by molar-refractivity contribution is 0.855. The summed E-state index contributed by atoms with van der Waals surface area (Å²) < 4.78 is 0. The average molecular weight is 193 g/mol. The molecule has 1 aromatic heterocycles. The highest BCUT2D eigenvalue weighted by molar-refractivity contribution is 7.99. The zero-order valence-corrected chi connectivity index (χ0v) is 8.51. The van der Waals surface area contributed by atoms with Crippen LogP contribution in [0.2, 0.25) is 0 Å². The monoisotopic (exact) mass is 193 g/mol. The summed E-state index contributed by atoms with van der Waals surface area (Å²) in [5.74, 6) is 0.800. The van der Waals surface area contributed by atoms with Gasteiger partial charge in [0.05, 0.1) is 12.0 Å². The maximum Gasteiger partial charge on any atom is 0.187 e. The van der Waals surface area contributed by atoms with E-state index in [1.807, 2.05) is 13.8 Å². The Bertz CT molecular complexity index is 302. The highest BCUT2D eigenvalue weighted by atomic mass is 32.2. The van der Waals surface area contributed by atoms with Crippen LogP contribution >= 0.6 is 11.8 Å². The van der Waals surface area contributed by atoms with E-state index in [1.165, 1.54) is 11.8 Å². The van der Waals surface area contributed by atoms with Gasteiger partial charge in [-0.1, -0.05) is 11.8 Å². The fourth-order valence-electron chi connectivity index (χ4n) is 0.692. The molecular formula is C9H11N3S. The van der Waals surface area contributed by atoms with Crippen LogP contribution in [0.4, 0.5) is 0 Å². The minimum atomic E-state index is 0.0508. The molecule has 0 N–H and O–H groups in total. The minimum Gasteiger partial charge on any atom is -0.231 e. The molecule has 1 aromatic rings. The lowest BCUT2D eigenvalue weighted by atomic mass is 10.3. The van der Waals surface area contributed by atoms with Crippen molar-refractivity contribution in [3.05, 3.63) is 18.0 Å². The van der Waals surface area contributed by atoms with E-state index in [2.05, 4.69) is 16.0 Å². The van der Waals surface area contributed by atoms with Crippen LogP contribution in [-0.4, -0.2) is 15.7 Å². The topological polar surface area (TPSA) is 49.6 Å². The summed E-state index contributed by atoms with van der Waals surface area (Å²) in [6, 6.07) is 2.17. The van der Waals surface area contributed by atoms with Crippen LogP contribution < -0.4 is 0 Å². The number of rotatable bonds is 3. The molecule has 0 spiro atoms. The molecule has 0 aliphatic heterocycles. The molecule has 0 aliphatic rings. The molecule has 0 amide bonds. The Hall–Kier alpha value is -1.08. The number of nitrogens with zero attached hydrogens (tertiary/aromatic N) is 3. The number of aryl methyl sites for hydroxylation is 1. The van der Waals surface area contributed by atoms with E-state index in [1.54, 1.807) is 12.4 Å². The Balaban J connectivity index is 2.47. The van der Waals surface area contributed by atoms with E-state index in [-0.39, 0.29) is 5.92 Å². The summed E-state index contributed by atoms with van der Waals surface area (Å²) in [6.07, 6.45) is 3.57. The molecule has 1 rings (SSSR count). The normalized spacial score (nSPS) is 12.1. The molecule has 0 saturated heterocycles. The summed E-state index contributed by atoms with van der Waals surface area (Å²) in [6.45, 7) is 3.84. The van der Waals surface area contributed by atoms with Gasteiger partial charge < -0.3 is 0 Å². The van der Waals surface area contributed by atoms with Crippen LogP contribution in [0.25, 0.3) is 0 Å². The van der Waals surface area contributed by atoms with Crippen molar-refractivity contribution in [2.75, 3.05) is 5.75 Å². The summed E-state index contributed by atoms with van der Waals surface area (Å²) >= 11 is 1.52. The number of hydrogen-bond donors (Lipinski definition) is 0. The highest BCUT2D eigenvalue weighted by Crippen LogP contribution is 2.15. The highest BCUT2D eigenvalue weighted by Gasteiger charge is 2.02. The van der Waals surface area contributed by atoms with Gasteiger partial charge in [-0.3, -0.25) is 0 Å². The van der Waals surface area contributed by atoms with Gasteiger partial charge in [0, 0.05) is 18.1 Å². The predicted molar refractivity (Wildman–Crippen MR) is 52.3 cm³/mol. The number of thioether (sulfide) groups is 1. The zero-order chi connectivity index (χ0) is 9.68. The average Bonchev–Trinajstić information content (AvgIpc) is 2.16. The second-order valence-electron chi connectivity index (χ2n) is 2.88. The van der Waals surface area contributed by atoms with Gasteiger partial charge in [0.15, 0.2) is 5.16 Å². The van der Waals surface area contributed by atoms with Crippen molar-refractivity contribution in [3.63, 3.8) is 0 Å². The first kappa shape index (κ1) is 10.0. The van der Waals surface area contributed by atoms with Crippen LogP contribution in [0, 0.1) is 24.2 Å². The third-order valence-electron chi connectivity index (χ3n) is 1.44. The fourth-order valence-corrected chi connectivity index (χ4v) is 1.42. The molecule has 13 heavy (non-hydrogen) atoms. The first-order chi connectivity index (χ1) is 6.22. The molecule has 0 aliphatic carbocycles. The molecule has 0 radical (unpaired) electrons. The van der Waals surface area contributed by atoms with Crippen molar-refractivity contribution < 1.29 is 0 Å². The molecule has 4 heteroatoms. The van der Waals surface area contributed by atoms with Crippen molar-refractivity contribution >= 4 is 11.8 Å². The quantitative estimate of drug-likeness (QED) is 0.544. The van der Waals surface area contributed by atoms with Crippen LogP contribution in [-0.2, 0) is 0 Å². The van der Waals surface area contributed by atoms with Gasteiger partial charge in [0.1, 0.15) is 0 Å². The lowest BCUT2D eigenvalue weighted by Gasteiger charge is -2.00. The van der Waals surface area contributed by atoms with Gasteiger partial charge in [0.25, 0.3) is 0 Å². The molecule has 3 nitrogen and oxygen atoms in total. The van der Waals surface area contributed by atoms with Crippen molar-refractivity contribution in [1.29, 1.82) is 5.26 Å². The maximum absolute atomic E-state index is 8.55. The molecular weight excluding hydrogens is 182 g/mol. The van der Waals surface area contributed by atoms with Crippen LogP contribution in [0.15, 0.2) is 17.6 Å². The number of nitriles is 1. The summed E-state index contributed by atoms with van der Waals surface area (Å²) in [4.78, 5) is 8.25. The van der Waals surface area contributed by atoms with E-state index >= 15 is 0 Å². The van der Waals surface area contributed by atoms with Gasteiger partial charge in [0.2, 0.25) is 0 Å². The first-order valence-electron chi connectivity index (χ1n) is 4.03. The Labute approximate surface area is 82.2 Å². The van der Waals surface area contributed by atoms with E-state index in [4.69, 9.17) is 5.26 Å². The number of hydrogen-bond acceptors (Lipinski definition) is 4. The zero-order valence-electron chi connectivity index (χ0n) is 7.69. The molecule has 0 fully saturated rings. The van der Waals surface area contributed by atoms with Crippen molar-refractivity contribution in [2.24, 2.45) is 5.92 Å². The minimum absolute atomic E-state index is 0.0508. The lowest BCUT2D eigenvalue weighted by Crippen LogP contribution is -1.95. The van der Waals surface area contributed by atoms with Gasteiger partial charge >= 0.3 is 0 Å². The third kappa shape index (κ3) is 3.43. The SMILES string of the molecule is Cc1cnc(SCC(C)C#N)nc1. The maximum atomic E-state index is 8.55. The smallest absolute Gasteiger partial charge is 0.187 e. The van der Waals surface area contributed by atoms with Gasteiger partial charge in [-0.05, 0) is 19.4 Å². The van der Waals surface area contributed by atoms with Crippen LogP contribution in [0.3, 0.4) is 0 Å². The molecule has 1 atom stereocenters. The van der Waals surface area contributed by atoms with Crippen molar-refractivity contribution in [3.8, 4) is 6.07 Å². The van der Waals surface area contributed by atoms with Crippen molar-refractivity contribution in [2.45, 2.75) is 19.0 Å². The Morgan fingerprint density at radius 2 is 2.15 bits per heavy atom. The van der Waals surface area contributed by atoms with Gasteiger partial charge in [-0.2, -0.15) is 5.26 Å². The van der Waals surface area contributed by atoms with Gasteiger partial charge in [-0.25, -0.2) is 9.97 Å². The first-order valence-corrected chi connectivity index (χ1v) is 5.02. The number of aromatic nitrogens is 2. The van der Waals surface area contributed by atoms with Gasteiger partial charge in [-0.15, -0.1) is 0 Å².